The summed E-state index contributed by atoms with van der Waals surface area (Å²) in [6.45, 7) is 3.75. The molecule has 0 aromatic carbocycles. The highest BCUT2D eigenvalue weighted by atomic mass is 32.1. The first-order valence-electron chi connectivity index (χ1n) is 6.70. The van der Waals surface area contributed by atoms with Gasteiger partial charge < -0.3 is 10.4 Å². The van der Waals surface area contributed by atoms with Crippen molar-refractivity contribution in [1.82, 2.24) is 10.3 Å². The van der Waals surface area contributed by atoms with Gasteiger partial charge in [0.1, 0.15) is 0 Å². The summed E-state index contributed by atoms with van der Waals surface area (Å²) in [6.07, 6.45) is 2.34. The van der Waals surface area contributed by atoms with E-state index < -0.39 is 17.9 Å². The lowest BCUT2D eigenvalue weighted by atomic mass is 9.96. The van der Waals surface area contributed by atoms with E-state index in [0.29, 0.717) is 11.0 Å². The fraction of sp³-hybridized carbons (Fsp3) is 0.615. The van der Waals surface area contributed by atoms with Crippen LogP contribution in [0.5, 0.6) is 0 Å². The molecule has 0 aliphatic heterocycles. The van der Waals surface area contributed by atoms with Gasteiger partial charge in [0.2, 0.25) is 0 Å². The van der Waals surface area contributed by atoms with E-state index in [2.05, 4.69) is 15.6 Å². The zero-order chi connectivity index (χ0) is 14.7. The molecule has 2 rings (SSSR count). The Kier molecular flexibility index (Phi) is 4.59. The standard InChI is InChI=1S/C13H19N3O3S/c1-7(2)9(11(17)18)5-14-12(19)16-13-15-10(6-20-13)8-3-4-8/h6-9H,3-5H2,1-2H3,(H,17,18)(H2,14,15,16,19). The largest absolute Gasteiger partial charge is 0.481 e. The maximum absolute atomic E-state index is 11.7. The van der Waals surface area contributed by atoms with E-state index >= 15 is 0 Å². The summed E-state index contributed by atoms with van der Waals surface area (Å²) in [6, 6.07) is -0.409. The molecule has 0 saturated heterocycles. The molecule has 0 radical (unpaired) electrons. The Labute approximate surface area is 121 Å². The van der Waals surface area contributed by atoms with Crippen LogP contribution < -0.4 is 10.6 Å². The molecule has 1 aliphatic rings. The van der Waals surface area contributed by atoms with Gasteiger partial charge in [0.25, 0.3) is 0 Å². The van der Waals surface area contributed by atoms with Crippen molar-refractivity contribution in [2.75, 3.05) is 11.9 Å². The van der Waals surface area contributed by atoms with Crippen LogP contribution in [-0.2, 0) is 4.79 Å². The average molecular weight is 297 g/mol. The molecular weight excluding hydrogens is 278 g/mol. The van der Waals surface area contributed by atoms with Gasteiger partial charge in [-0.25, -0.2) is 9.78 Å². The number of aliphatic carboxylic acids is 1. The van der Waals surface area contributed by atoms with Gasteiger partial charge in [-0.05, 0) is 18.8 Å². The van der Waals surface area contributed by atoms with E-state index in [0.717, 1.165) is 5.69 Å². The number of amides is 2. The van der Waals surface area contributed by atoms with Gasteiger partial charge in [-0.1, -0.05) is 13.8 Å². The number of carboxylic acid groups (broad SMARTS) is 1. The molecule has 2 amide bonds. The molecule has 1 unspecified atom stereocenters. The fourth-order valence-corrected chi connectivity index (χ4v) is 2.65. The second kappa shape index (κ2) is 6.21. The molecule has 1 aliphatic carbocycles. The molecule has 1 heterocycles. The smallest absolute Gasteiger partial charge is 0.321 e. The molecule has 1 fully saturated rings. The Bertz CT molecular complexity index is 497. The predicted molar refractivity (Wildman–Crippen MR) is 77.1 cm³/mol. The average Bonchev–Trinajstić information content (AvgIpc) is 3.10. The van der Waals surface area contributed by atoms with Crippen LogP contribution in [0.3, 0.4) is 0 Å². The Balaban J connectivity index is 1.80. The number of carbonyl (C=O) groups excluding carboxylic acids is 1. The number of anilines is 1. The van der Waals surface area contributed by atoms with Gasteiger partial charge in [-0.2, -0.15) is 0 Å². The van der Waals surface area contributed by atoms with Gasteiger partial charge in [0, 0.05) is 17.8 Å². The number of hydrogen-bond donors (Lipinski definition) is 3. The first kappa shape index (κ1) is 14.8. The topological polar surface area (TPSA) is 91.3 Å². The molecule has 110 valence electrons. The molecular formula is C13H19N3O3S. The van der Waals surface area contributed by atoms with Crippen LogP contribution in [0.1, 0.15) is 38.3 Å². The number of hydrogen-bond acceptors (Lipinski definition) is 4. The van der Waals surface area contributed by atoms with Gasteiger partial charge in [-0.15, -0.1) is 11.3 Å². The number of carbonyl (C=O) groups is 2. The van der Waals surface area contributed by atoms with Crippen molar-refractivity contribution in [3.63, 3.8) is 0 Å². The molecule has 1 aromatic rings. The van der Waals surface area contributed by atoms with E-state index in [-0.39, 0.29) is 12.5 Å². The summed E-state index contributed by atoms with van der Waals surface area (Å²) in [5.41, 5.74) is 1.04. The molecule has 20 heavy (non-hydrogen) atoms. The van der Waals surface area contributed by atoms with E-state index in [1.165, 1.54) is 24.2 Å². The lowest BCUT2D eigenvalue weighted by Crippen LogP contribution is -2.37. The summed E-state index contributed by atoms with van der Waals surface area (Å²) in [7, 11) is 0. The lowest BCUT2D eigenvalue weighted by molar-refractivity contribution is -0.142. The minimum atomic E-state index is -0.898. The monoisotopic (exact) mass is 297 g/mol. The third-order valence-corrected chi connectivity index (χ3v) is 4.12. The van der Waals surface area contributed by atoms with Crippen molar-refractivity contribution in [2.45, 2.75) is 32.6 Å². The van der Waals surface area contributed by atoms with Crippen LogP contribution in [0.15, 0.2) is 5.38 Å². The Hall–Kier alpha value is -1.63. The Morgan fingerprint density at radius 2 is 2.20 bits per heavy atom. The maximum atomic E-state index is 11.7. The quantitative estimate of drug-likeness (QED) is 0.752. The van der Waals surface area contributed by atoms with Crippen LogP contribution in [0.2, 0.25) is 0 Å². The van der Waals surface area contributed by atoms with Crippen molar-refractivity contribution in [2.24, 2.45) is 11.8 Å². The number of carboxylic acids is 1. The summed E-state index contributed by atoms with van der Waals surface area (Å²) in [5.74, 6) is -0.957. The van der Waals surface area contributed by atoms with Crippen LogP contribution in [0.4, 0.5) is 9.93 Å². The minimum Gasteiger partial charge on any atom is -0.481 e. The second-order valence-corrected chi connectivity index (χ2v) is 6.23. The minimum absolute atomic E-state index is 0.0332. The molecule has 1 saturated carbocycles. The van der Waals surface area contributed by atoms with E-state index in [4.69, 9.17) is 5.11 Å². The number of urea groups is 1. The van der Waals surface area contributed by atoms with Gasteiger partial charge in [0.15, 0.2) is 5.13 Å². The highest BCUT2D eigenvalue weighted by Gasteiger charge is 2.26. The first-order chi connectivity index (χ1) is 9.47. The summed E-state index contributed by atoms with van der Waals surface area (Å²) < 4.78 is 0. The van der Waals surface area contributed by atoms with Gasteiger partial charge in [0.05, 0.1) is 11.6 Å². The first-order valence-corrected chi connectivity index (χ1v) is 7.58. The molecule has 0 bridgehead atoms. The van der Waals surface area contributed by atoms with Crippen molar-refractivity contribution in [3.8, 4) is 0 Å². The maximum Gasteiger partial charge on any atom is 0.321 e. The zero-order valence-corrected chi connectivity index (χ0v) is 12.4. The number of aromatic nitrogens is 1. The van der Waals surface area contributed by atoms with E-state index in [1.807, 2.05) is 19.2 Å². The molecule has 0 spiro atoms. The van der Waals surface area contributed by atoms with Gasteiger partial charge >= 0.3 is 12.0 Å². The highest BCUT2D eigenvalue weighted by Crippen LogP contribution is 2.40. The van der Waals surface area contributed by atoms with Crippen LogP contribution in [0, 0.1) is 11.8 Å². The van der Waals surface area contributed by atoms with E-state index in [9.17, 15) is 9.59 Å². The predicted octanol–water partition coefficient (Wildman–Crippen LogP) is 2.50. The summed E-state index contributed by atoms with van der Waals surface area (Å²) in [5, 5.41) is 16.8. The zero-order valence-electron chi connectivity index (χ0n) is 11.5. The molecule has 1 atom stereocenters. The van der Waals surface area contributed by atoms with E-state index in [1.54, 1.807) is 0 Å². The van der Waals surface area contributed by atoms with Crippen molar-refractivity contribution < 1.29 is 14.7 Å². The number of nitrogens with zero attached hydrogens (tertiary/aromatic N) is 1. The Morgan fingerprint density at radius 1 is 1.50 bits per heavy atom. The number of rotatable bonds is 6. The second-order valence-electron chi connectivity index (χ2n) is 5.38. The van der Waals surface area contributed by atoms with Crippen LogP contribution >= 0.6 is 11.3 Å². The SMILES string of the molecule is CC(C)C(CNC(=O)Nc1nc(C2CC2)cs1)C(=O)O. The van der Waals surface area contributed by atoms with Crippen molar-refractivity contribution in [1.29, 1.82) is 0 Å². The summed E-state index contributed by atoms with van der Waals surface area (Å²) >= 11 is 1.39. The molecule has 6 nitrogen and oxygen atoms in total. The normalized spacial score (nSPS) is 15.9. The summed E-state index contributed by atoms with van der Waals surface area (Å²) in [4.78, 5) is 27.1. The number of thiazole rings is 1. The van der Waals surface area contributed by atoms with Crippen LogP contribution in [0.25, 0.3) is 0 Å². The Morgan fingerprint density at radius 3 is 2.75 bits per heavy atom. The highest BCUT2D eigenvalue weighted by molar-refractivity contribution is 7.13. The number of nitrogens with one attached hydrogen (secondary N) is 2. The van der Waals surface area contributed by atoms with Crippen molar-refractivity contribution in [3.05, 3.63) is 11.1 Å². The van der Waals surface area contributed by atoms with Crippen LogP contribution in [-0.4, -0.2) is 28.6 Å². The lowest BCUT2D eigenvalue weighted by Gasteiger charge is -2.16. The molecule has 1 aromatic heterocycles. The molecule has 7 heteroatoms. The van der Waals surface area contributed by atoms with Crippen molar-refractivity contribution >= 4 is 28.5 Å². The fourth-order valence-electron chi connectivity index (χ4n) is 1.86. The third-order valence-electron chi connectivity index (χ3n) is 3.34. The molecule has 3 N–H and O–H groups in total. The van der Waals surface area contributed by atoms with Gasteiger partial charge in [-0.3, -0.25) is 10.1 Å². The third kappa shape index (κ3) is 3.93.